The zero-order valence-electron chi connectivity index (χ0n) is 10.4. The predicted octanol–water partition coefficient (Wildman–Crippen LogP) is 3.14. The Hall–Kier alpha value is -1.95. The summed E-state index contributed by atoms with van der Waals surface area (Å²) >= 11 is 5.70. The third-order valence-corrected chi connectivity index (χ3v) is 3.14. The van der Waals surface area contributed by atoms with E-state index < -0.39 is 5.82 Å². The molecule has 0 spiro atoms. The van der Waals surface area contributed by atoms with E-state index in [1.54, 1.807) is 24.6 Å². The summed E-state index contributed by atoms with van der Waals surface area (Å²) in [5.41, 5.74) is 1.81. The maximum Gasteiger partial charge on any atom is 0.359 e. The molecule has 1 aromatic carbocycles. The number of hydrogen-bond donors (Lipinski definition) is 1. The Morgan fingerprint density at radius 2 is 2.16 bits per heavy atom. The Labute approximate surface area is 113 Å². The fourth-order valence-corrected chi connectivity index (χ4v) is 2.13. The highest BCUT2D eigenvalue weighted by Crippen LogP contribution is 2.23. The quantitative estimate of drug-likeness (QED) is 0.881. The minimum absolute atomic E-state index is 0.0341. The van der Waals surface area contributed by atoms with E-state index >= 15 is 0 Å². The van der Waals surface area contributed by atoms with Crippen LogP contribution in [0.15, 0.2) is 18.2 Å². The Kier molecular flexibility index (Phi) is 3.53. The van der Waals surface area contributed by atoms with Crippen molar-refractivity contribution < 1.29 is 14.5 Å². The van der Waals surface area contributed by atoms with Crippen LogP contribution >= 0.6 is 11.6 Å². The second-order valence-corrected chi connectivity index (χ2v) is 4.61. The number of nitrogens with zero attached hydrogens (tertiary/aromatic N) is 3. The summed E-state index contributed by atoms with van der Waals surface area (Å²) in [7, 11) is 0. The van der Waals surface area contributed by atoms with Crippen LogP contribution in [-0.4, -0.2) is 19.9 Å². The van der Waals surface area contributed by atoms with E-state index in [0.717, 1.165) is 5.56 Å². The molecule has 0 unspecified atom stereocenters. The van der Waals surface area contributed by atoms with Gasteiger partial charge in [-0.1, -0.05) is 17.7 Å². The number of rotatable bonds is 3. The van der Waals surface area contributed by atoms with Gasteiger partial charge in [-0.25, -0.2) is 9.60 Å². The molecule has 1 heterocycles. The fourth-order valence-electron chi connectivity index (χ4n) is 1.93. The molecular formula is C12H12ClFN3O2+. The first-order valence-corrected chi connectivity index (χ1v) is 5.92. The highest BCUT2D eigenvalue weighted by molar-refractivity contribution is 6.30. The molecule has 0 fully saturated rings. The second-order valence-electron chi connectivity index (χ2n) is 4.20. The molecule has 0 aliphatic heterocycles. The summed E-state index contributed by atoms with van der Waals surface area (Å²) in [5, 5.41) is 13.2. The highest BCUT2D eigenvalue weighted by atomic mass is 35.5. The molecule has 0 radical (unpaired) electrons. The highest BCUT2D eigenvalue weighted by Gasteiger charge is 2.26. The molecule has 0 saturated heterocycles. The standard InChI is InChI=1S/C12H12ClFN3O2/c1-7-12(17(18)19)8(2)16(15-7)6-9-3-4-11(14)10(13)5-9/h3-5H,6H2,1-2H3,(H,18,19)/q+1. The summed E-state index contributed by atoms with van der Waals surface area (Å²) in [6.45, 7) is 3.62. The SMILES string of the molecule is Cc1nn(Cc2ccc(F)c(Cl)c2)c(C)c1[N+](=O)O. The minimum atomic E-state index is -0.486. The van der Waals surface area contributed by atoms with Crippen molar-refractivity contribution in [1.29, 1.82) is 0 Å². The average molecular weight is 285 g/mol. The molecule has 0 aliphatic rings. The summed E-state index contributed by atoms with van der Waals surface area (Å²) < 4.78 is 14.6. The van der Waals surface area contributed by atoms with Crippen molar-refractivity contribution in [2.24, 2.45) is 0 Å². The topological polar surface area (TPSA) is 58.1 Å². The summed E-state index contributed by atoms with van der Waals surface area (Å²) in [5.74, 6) is -0.486. The Balaban J connectivity index is 2.36. The molecular weight excluding hydrogens is 273 g/mol. The largest absolute Gasteiger partial charge is 0.359 e. The molecule has 1 aromatic heterocycles. The van der Waals surface area contributed by atoms with Crippen LogP contribution in [0.2, 0.25) is 5.02 Å². The van der Waals surface area contributed by atoms with Crippen LogP contribution in [0.5, 0.6) is 0 Å². The van der Waals surface area contributed by atoms with Crippen molar-refractivity contribution in [3.8, 4) is 0 Å². The van der Waals surface area contributed by atoms with E-state index in [1.165, 1.54) is 12.1 Å². The zero-order chi connectivity index (χ0) is 14.2. The Morgan fingerprint density at radius 3 is 2.68 bits per heavy atom. The van der Waals surface area contributed by atoms with Gasteiger partial charge in [-0.2, -0.15) is 5.10 Å². The van der Waals surface area contributed by atoms with Crippen LogP contribution in [0.3, 0.4) is 0 Å². The molecule has 1 N–H and O–H groups in total. The first kappa shape index (κ1) is 13.5. The fraction of sp³-hybridized carbons (Fsp3) is 0.250. The lowest BCUT2D eigenvalue weighted by atomic mass is 10.2. The summed E-state index contributed by atoms with van der Waals surface area (Å²) in [6.07, 6.45) is 0. The van der Waals surface area contributed by atoms with Gasteiger partial charge in [-0.15, -0.1) is 0 Å². The van der Waals surface area contributed by atoms with E-state index in [2.05, 4.69) is 5.10 Å². The Morgan fingerprint density at radius 1 is 1.47 bits per heavy atom. The lowest BCUT2D eigenvalue weighted by Crippen LogP contribution is -2.04. The lowest BCUT2D eigenvalue weighted by molar-refractivity contribution is -0.730. The summed E-state index contributed by atoms with van der Waals surface area (Å²) in [6, 6.07) is 4.36. The Bertz CT molecular complexity index is 655. The van der Waals surface area contributed by atoms with Gasteiger partial charge in [0.15, 0.2) is 0 Å². The van der Waals surface area contributed by atoms with Crippen molar-refractivity contribution in [2.45, 2.75) is 20.4 Å². The third-order valence-electron chi connectivity index (χ3n) is 2.85. The maximum atomic E-state index is 13.1. The van der Waals surface area contributed by atoms with Gasteiger partial charge in [0, 0.05) is 0 Å². The molecule has 0 aliphatic carbocycles. The molecule has 2 aromatic rings. The average Bonchev–Trinajstić information content (AvgIpc) is 2.59. The maximum absolute atomic E-state index is 13.1. The first-order valence-electron chi connectivity index (χ1n) is 5.54. The van der Waals surface area contributed by atoms with Gasteiger partial charge in [0.05, 0.1) is 16.5 Å². The summed E-state index contributed by atoms with van der Waals surface area (Å²) in [4.78, 5) is 10.8. The van der Waals surface area contributed by atoms with Gasteiger partial charge in [0.1, 0.15) is 17.2 Å². The van der Waals surface area contributed by atoms with Crippen LogP contribution in [0.4, 0.5) is 10.1 Å². The minimum Gasteiger partial charge on any atom is -0.258 e. The number of hydrogen-bond acceptors (Lipinski definition) is 2. The number of aryl methyl sites for hydroxylation is 1. The van der Waals surface area contributed by atoms with E-state index in [1.807, 2.05) is 0 Å². The van der Waals surface area contributed by atoms with Crippen molar-refractivity contribution in [3.63, 3.8) is 0 Å². The molecule has 7 heteroatoms. The monoisotopic (exact) mass is 284 g/mol. The molecule has 19 heavy (non-hydrogen) atoms. The van der Waals surface area contributed by atoms with Crippen molar-refractivity contribution in [1.82, 2.24) is 9.78 Å². The van der Waals surface area contributed by atoms with E-state index in [-0.39, 0.29) is 15.6 Å². The molecule has 100 valence electrons. The van der Waals surface area contributed by atoms with Gasteiger partial charge < -0.3 is 0 Å². The first-order chi connectivity index (χ1) is 8.90. The molecule has 0 amide bonds. The van der Waals surface area contributed by atoms with Crippen molar-refractivity contribution >= 4 is 17.3 Å². The van der Waals surface area contributed by atoms with E-state index in [0.29, 0.717) is 17.9 Å². The molecule has 2 rings (SSSR count). The van der Waals surface area contributed by atoms with Crippen molar-refractivity contribution in [2.75, 3.05) is 0 Å². The number of aromatic nitrogens is 2. The van der Waals surface area contributed by atoms with Gasteiger partial charge in [-0.3, -0.25) is 4.68 Å². The molecule has 0 saturated carbocycles. The second kappa shape index (κ2) is 4.97. The van der Waals surface area contributed by atoms with Gasteiger partial charge in [0.25, 0.3) is 4.92 Å². The molecule has 0 bridgehead atoms. The van der Waals surface area contributed by atoms with Crippen LogP contribution in [-0.2, 0) is 6.54 Å². The van der Waals surface area contributed by atoms with Crippen LogP contribution in [0.25, 0.3) is 0 Å². The van der Waals surface area contributed by atoms with E-state index in [9.17, 15) is 9.30 Å². The molecule has 5 nitrogen and oxygen atoms in total. The normalized spacial score (nSPS) is 10.7. The lowest BCUT2D eigenvalue weighted by Gasteiger charge is -2.04. The third kappa shape index (κ3) is 2.58. The van der Waals surface area contributed by atoms with Crippen molar-refractivity contribution in [3.05, 3.63) is 50.9 Å². The van der Waals surface area contributed by atoms with Crippen LogP contribution in [0.1, 0.15) is 17.0 Å². The molecule has 0 atom stereocenters. The van der Waals surface area contributed by atoms with Gasteiger partial charge in [-0.05, 0) is 31.5 Å². The van der Waals surface area contributed by atoms with E-state index in [4.69, 9.17) is 16.8 Å². The van der Waals surface area contributed by atoms with Crippen LogP contribution < -0.4 is 0 Å². The van der Waals surface area contributed by atoms with Gasteiger partial charge in [0.2, 0.25) is 0 Å². The smallest absolute Gasteiger partial charge is 0.258 e. The predicted molar refractivity (Wildman–Crippen MR) is 67.3 cm³/mol. The van der Waals surface area contributed by atoms with Gasteiger partial charge >= 0.3 is 5.69 Å². The number of halogens is 2. The zero-order valence-corrected chi connectivity index (χ0v) is 11.1. The number of benzene rings is 1. The van der Waals surface area contributed by atoms with Crippen LogP contribution in [0, 0.1) is 24.6 Å².